The van der Waals surface area contributed by atoms with Gasteiger partial charge in [0.15, 0.2) is 0 Å². The molecule has 0 aliphatic heterocycles. The second-order valence-corrected chi connectivity index (χ2v) is 5.66. The minimum atomic E-state index is -0.471. The molecule has 1 unspecified atom stereocenters. The summed E-state index contributed by atoms with van der Waals surface area (Å²) in [4.78, 5) is 0. The van der Waals surface area contributed by atoms with Crippen LogP contribution in [0.1, 0.15) is 36.1 Å². The predicted molar refractivity (Wildman–Crippen MR) is 80.2 cm³/mol. The van der Waals surface area contributed by atoms with E-state index in [9.17, 15) is 8.78 Å². The largest absolute Gasteiger partial charge is 0.310 e. The van der Waals surface area contributed by atoms with E-state index in [0.29, 0.717) is 6.42 Å². The molecule has 1 N–H and O–H groups in total. The van der Waals surface area contributed by atoms with E-state index in [2.05, 4.69) is 23.0 Å². The Labute approximate surface area is 122 Å². The van der Waals surface area contributed by atoms with Crippen molar-refractivity contribution in [1.29, 1.82) is 0 Å². The summed E-state index contributed by atoms with van der Waals surface area (Å²) in [5, 5.41) is 7.51. The molecule has 20 heavy (non-hydrogen) atoms. The normalized spacial score (nSPS) is 12.6. The quantitative estimate of drug-likeness (QED) is 0.820. The van der Waals surface area contributed by atoms with E-state index in [1.807, 2.05) is 6.92 Å². The smallest absolute Gasteiger partial charge is 0.129 e. The lowest BCUT2D eigenvalue weighted by Crippen LogP contribution is -2.25. The fraction of sp³-hybridized carbons (Fsp3) is 0.375. The second-order valence-electron chi connectivity index (χ2n) is 4.92. The zero-order valence-corrected chi connectivity index (χ0v) is 12.6. The third-order valence-electron chi connectivity index (χ3n) is 3.38. The minimum absolute atomic E-state index is 0.0485. The van der Waals surface area contributed by atoms with Crippen molar-refractivity contribution in [2.24, 2.45) is 0 Å². The van der Waals surface area contributed by atoms with Gasteiger partial charge in [-0.05, 0) is 60.3 Å². The van der Waals surface area contributed by atoms with Crippen LogP contribution in [0.2, 0.25) is 0 Å². The molecule has 0 saturated heterocycles. The fourth-order valence-electron chi connectivity index (χ4n) is 2.27. The lowest BCUT2D eigenvalue weighted by atomic mass is 9.97. The molecule has 1 aromatic heterocycles. The molecule has 0 saturated carbocycles. The van der Waals surface area contributed by atoms with Gasteiger partial charge in [-0.1, -0.05) is 13.0 Å². The van der Waals surface area contributed by atoms with Gasteiger partial charge in [0.1, 0.15) is 11.6 Å². The lowest BCUT2D eigenvalue weighted by Gasteiger charge is -2.19. The number of nitrogens with one attached hydrogen (secondary N) is 1. The fourth-order valence-corrected chi connectivity index (χ4v) is 3.17. The summed E-state index contributed by atoms with van der Waals surface area (Å²) >= 11 is 1.62. The molecule has 108 valence electrons. The summed E-state index contributed by atoms with van der Waals surface area (Å²) in [6.07, 6.45) is 1.31. The van der Waals surface area contributed by atoms with Crippen molar-refractivity contribution < 1.29 is 8.78 Å². The molecular formula is C16H19F2NS. The maximum Gasteiger partial charge on any atom is 0.129 e. The first-order chi connectivity index (χ1) is 9.63. The second kappa shape index (κ2) is 6.95. The first kappa shape index (κ1) is 15.1. The Bertz CT molecular complexity index is 545. The van der Waals surface area contributed by atoms with Crippen molar-refractivity contribution in [2.45, 2.75) is 32.7 Å². The third kappa shape index (κ3) is 3.44. The van der Waals surface area contributed by atoms with Crippen LogP contribution in [-0.4, -0.2) is 6.54 Å². The molecule has 0 aliphatic carbocycles. The highest BCUT2D eigenvalue weighted by Gasteiger charge is 2.18. The zero-order valence-electron chi connectivity index (χ0n) is 11.7. The lowest BCUT2D eigenvalue weighted by molar-refractivity contribution is 0.489. The van der Waals surface area contributed by atoms with E-state index >= 15 is 0 Å². The van der Waals surface area contributed by atoms with Crippen LogP contribution in [0, 0.1) is 18.6 Å². The van der Waals surface area contributed by atoms with Gasteiger partial charge in [-0.25, -0.2) is 8.78 Å². The zero-order chi connectivity index (χ0) is 14.5. The highest BCUT2D eigenvalue weighted by molar-refractivity contribution is 7.08. The van der Waals surface area contributed by atoms with Gasteiger partial charge in [0.2, 0.25) is 0 Å². The molecule has 0 radical (unpaired) electrons. The SMILES string of the molecule is CCCNC(Cc1c(F)cccc1F)c1cscc1C. The maximum absolute atomic E-state index is 13.8. The predicted octanol–water partition coefficient (Wildman–Crippen LogP) is 4.62. The van der Waals surface area contributed by atoms with Crippen LogP contribution in [0.4, 0.5) is 8.78 Å². The topological polar surface area (TPSA) is 12.0 Å². The Morgan fingerprint density at radius 3 is 2.45 bits per heavy atom. The van der Waals surface area contributed by atoms with Crippen LogP contribution >= 0.6 is 11.3 Å². The highest BCUT2D eigenvalue weighted by atomic mass is 32.1. The summed E-state index contributed by atoms with van der Waals surface area (Å²) in [6, 6.07) is 3.98. The molecule has 0 amide bonds. The van der Waals surface area contributed by atoms with E-state index in [1.54, 1.807) is 11.3 Å². The molecule has 1 atom stereocenters. The summed E-state index contributed by atoms with van der Waals surface area (Å²) in [7, 11) is 0. The molecule has 1 aromatic carbocycles. The molecule has 0 bridgehead atoms. The average Bonchev–Trinajstić information content (AvgIpc) is 2.84. The van der Waals surface area contributed by atoms with E-state index in [1.165, 1.54) is 23.8 Å². The molecule has 0 aliphatic rings. The molecule has 0 fully saturated rings. The number of thiophene rings is 1. The molecule has 0 spiro atoms. The Kier molecular flexibility index (Phi) is 5.26. The van der Waals surface area contributed by atoms with Gasteiger partial charge in [-0.3, -0.25) is 0 Å². The molecule has 2 rings (SSSR count). The number of rotatable bonds is 6. The van der Waals surface area contributed by atoms with Crippen molar-refractivity contribution in [2.75, 3.05) is 6.54 Å². The summed E-state index contributed by atoms with van der Waals surface area (Å²) < 4.78 is 27.6. The van der Waals surface area contributed by atoms with Gasteiger partial charge >= 0.3 is 0 Å². The van der Waals surface area contributed by atoms with Gasteiger partial charge in [0.25, 0.3) is 0 Å². The molecule has 4 heteroatoms. The van der Waals surface area contributed by atoms with E-state index in [-0.39, 0.29) is 11.6 Å². The molecule has 1 heterocycles. The first-order valence-corrected chi connectivity index (χ1v) is 7.76. The van der Waals surface area contributed by atoms with Gasteiger partial charge in [0.05, 0.1) is 0 Å². The maximum atomic E-state index is 13.8. The van der Waals surface area contributed by atoms with Crippen LogP contribution in [0.3, 0.4) is 0 Å². The Balaban J connectivity index is 2.26. The van der Waals surface area contributed by atoms with Gasteiger partial charge in [-0.15, -0.1) is 0 Å². The van der Waals surface area contributed by atoms with Gasteiger partial charge in [0, 0.05) is 11.6 Å². The van der Waals surface area contributed by atoms with Gasteiger partial charge in [-0.2, -0.15) is 11.3 Å². The van der Waals surface area contributed by atoms with Crippen LogP contribution in [0.5, 0.6) is 0 Å². The Morgan fingerprint density at radius 1 is 1.20 bits per heavy atom. The highest BCUT2D eigenvalue weighted by Crippen LogP contribution is 2.27. The molecule has 2 aromatic rings. The van der Waals surface area contributed by atoms with Crippen molar-refractivity contribution in [1.82, 2.24) is 5.32 Å². The van der Waals surface area contributed by atoms with Crippen LogP contribution < -0.4 is 5.32 Å². The van der Waals surface area contributed by atoms with Crippen molar-refractivity contribution in [3.05, 3.63) is 57.3 Å². The van der Waals surface area contributed by atoms with E-state index in [0.717, 1.165) is 18.5 Å². The van der Waals surface area contributed by atoms with Crippen molar-refractivity contribution >= 4 is 11.3 Å². The van der Waals surface area contributed by atoms with Gasteiger partial charge < -0.3 is 5.32 Å². The standard InChI is InChI=1S/C16H19F2NS/c1-3-7-19-16(13-10-20-9-11(13)2)8-12-14(17)5-4-6-15(12)18/h4-6,9-10,16,19H,3,7-8H2,1-2H3. The monoisotopic (exact) mass is 295 g/mol. The number of benzene rings is 1. The molecular weight excluding hydrogens is 276 g/mol. The number of halogens is 2. The van der Waals surface area contributed by atoms with Crippen molar-refractivity contribution in [3.8, 4) is 0 Å². The first-order valence-electron chi connectivity index (χ1n) is 6.82. The summed E-state index contributed by atoms with van der Waals surface area (Å²) in [5.41, 5.74) is 2.46. The van der Waals surface area contributed by atoms with Crippen LogP contribution in [-0.2, 0) is 6.42 Å². The Morgan fingerprint density at radius 2 is 1.90 bits per heavy atom. The average molecular weight is 295 g/mol. The number of aryl methyl sites for hydroxylation is 1. The Hall–Kier alpha value is -1.26. The van der Waals surface area contributed by atoms with E-state index < -0.39 is 11.6 Å². The van der Waals surface area contributed by atoms with Crippen molar-refractivity contribution in [3.63, 3.8) is 0 Å². The molecule has 1 nitrogen and oxygen atoms in total. The third-order valence-corrected chi connectivity index (χ3v) is 4.26. The van der Waals surface area contributed by atoms with E-state index in [4.69, 9.17) is 0 Å². The number of hydrogen-bond acceptors (Lipinski definition) is 2. The van der Waals surface area contributed by atoms with Crippen LogP contribution in [0.25, 0.3) is 0 Å². The summed E-state index contributed by atoms with van der Waals surface area (Å²) in [6.45, 7) is 4.94. The minimum Gasteiger partial charge on any atom is -0.310 e. The number of hydrogen-bond donors (Lipinski definition) is 1. The summed E-state index contributed by atoms with van der Waals surface area (Å²) in [5.74, 6) is -0.942. The van der Waals surface area contributed by atoms with Crippen LogP contribution in [0.15, 0.2) is 29.0 Å².